The molecule has 0 rings (SSSR count). The minimum atomic E-state index is -0.782. The Labute approximate surface area is 80.7 Å². The first kappa shape index (κ1) is 11.2. The molecule has 66 valence electrons. The summed E-state index contributed by atoms with van der Waals surface area (Å²) in [4.78, 5) is 10.2. The van der Waals surface area contributed by atoms with Crippen LogP contribution in [0.1, 0.15) is 19.8 Å². The SMILES string of the molecule is CCCC(CI)NCC(=O)O. The average Bonchev–Trinajstić information content (AvgIpc) is 1.97. The van der Waals surface area contributed by atoms with Crippen LogP contribution in [0.25, 0.3) is 0 Å². The summed E-state index contributed by atoms with van der Waals surface area (Å²) >= 11 is 2.26. The summed E-state index contributed by atoms with van der Waals surface area (Å²) in [5.41, 5.74) is 0. The third-order valence-electron chi connectivity index (χ3n) is 1.37. The molecule has 0 aromatic carbocycles. The van der Waals surface area contributed by atoms with Gasteiger partial charge in [-0.3, -0.25) is 4.79 Å². The maximum absolute atomic E-state index is 10.2. The van der Waals surface area contributed by atoms with Crippen molar-refractivity contribution in [3.05, 3.63) is 0 Å². The van der Waals surface area contributed by atoms with Crippen molar-refractivity contribution in [3.8, 4) is 0 Å². The molecule has 0 aliphatic heterocycles. The second kappa shape index (κ2) is 6.84. The highest BCUT2D eigenvalue weighted by Gasteiger charge is 2.05. The highest BCUT2D eigenvalue weighted by Crippen LogP contribution is 1.99. The molecule has 0 bridgehead atoms. The van der Waals surface area contributed by atoms with E-state index in [9.17, 15) is 4.79 Å². The third kappa shape index (κ3) is 6.55. The van der Waals surface area contributed by atoms with Gasteiger partial charge in [-0.05, 0) is 6.42 Å². The Balaban J connectivity index is 3.43. The molecule has 1 unspecified atom stereocenters. The molecule has 0 spiro atoms. The summed E-state index contributed by atoms with van der Waals surface area (Å²) in [6.07, 6.45) is 2.15. The molecule has 0 aliphatic rings. The number of nitrogens with one attached hydrogen (secondary N) is 1. The molecule has 2 N–H and O–H groups in total. The van der Waals surface area contributed by atoms with Crippen molar-refractivity contribution in [2.24, 2.45) is 0 Å². The molecule has 0 aromatic rings. The second-order valence-electron chi connectivity index (χ2n) is 2.41. The van der Waals surface area contributed by atoms with Crippen molar-refractivity contribution in [1.82, 2.24) is 5.32 Å². The zero-order valence-electron chi connectivity index (χ0n) is 6.64. The van der Waals surface area contributed by atoms with Crippen LogP contribution in [0.15, 0.2) is 0 Å². The van der Waals surface area contributed by atoms with Crippen LogP contribution in [0, 0.1) is 0 Å². The van der Waals surface area contributed by atoms with Gasteiger partial charge in [0.05, 0.1) is 6.54 Å². The number of aliphatic carboxylic acids is 1. The van der Waals surface area contributed by atoms with Gasteiger partial charge in [-0.1, -0.05) is 35.9 Å². The molecule has 3 nitrogen and oxygen atoms in total. The van der Waals surface area contributed by atoms with Crippen molar-refractivity contribution in [3.63, 3.8) is 0 Å². The van der Waals surface area contributed by atoms with Crippen LogP contribution in [-0.4, -0.2) is 28.1 Å². The molecule has 0 aromatic heterocycles. The van der Waals surface area contributed by atoms with Gasteiger partial charge in [0.15, 0.2) is 0 Å². The first-order chi connectivity index (χ1) is 5.20. The molecule has 0 aliphatic carbocycles. The predicted octanol–water partition coefficient (Wildman–Crippen LogP) is 1.26. The van der Waals surface area contributed by atoms with Crippen LogP contribution in [0.2, 0.25) is 0 Å². The number of hydrogen-bond donors (Lipinski definition) is 2. The van der Waals surface area contributed by atoms with E-state index in [1.165, 1.54) is 0 Å². The lowest BCUT2D eigenvalue weighted by Crippen LogP contribution is -2.34. The van der Waals surface area contributed by atoms with Crippen LogP contribution in [0.3, 0.4) is 0 Å². The maximum Gasteiger partial charge on any atom is 0.317 e. The lowest BCUT2D eigenvalue weighted by atomic mass is 10.2. The molecule has 0 radical (unpaired) electrons. The van der Waals surface area contributed by atoms with Crippen molar-refractivity contribution >= 4 is 28.6 Å². The Kier molecular flexibility index (Phi) is 6.94. The Bertz CT molecular complexity index is 119. The zero-order valence-corrected chi connectivity index (χ0v) is 8.80. The van der Waals surface area contributed by atoms with Crippen molar-refractivity contribution < 1.29 is 9.90 Å². The fraction of sp³-hybridized carbons (Fsp3) is 0.857. The number of carboxylic acids is 1. The van der Waals surface area contributed by atoms with Gasteiger partial charge in [0, 0.05) is 10.5 Å². The Morgan fingerprint density at radius 1 is 1.73 bits per heavy atom. The van der Waals surface area contributed by atoms with Gasteiger partial charge in [-0.2, -0.15) is 0 Å². The normalized spacial score (nSPS) is 12.9. The molecule has 0 amide bonds. The Morgan fingerprint density at radius 2 is 2.36 bits per heavy atom. The van der Waals surface area contributed by atoms with Gasteiger partial charge >= 0.3 is 5.97 Å². The number of carbonyl (C=O) groups is 1. The van der Waals surface area contributed by atoms with E-state index in [0.717, 1.165) is 17.3 Å². The van der Waals surface area contributed by atoms with Crippen molar-refractivity contribution in [2.45, 2.75) is 25.8 Å². The Hall–Kier alpha value is 0.160. The summed E-state index contributed by atoms with van der Waals surface area (Å²) in [6, 6.07) is 0.358. The summed E-state index contributed by atoms with van der Waals surface area (Å²) in [5.74, 6) is -0.782. The van der Waals surface area contributed by atoms with Crippen LogP contribution in [0.5, 0.6) is 0 Å². The number of alkyl halides is 1. The van der Waals surface area contributed by atoms with E-state index < -0.39 is 5.97 Å². The van der Waals surface area contributed by atoms with E-state index in [0.29, 0.717) is 6.04 Å². The summed E-state index contributed by atoms with van der Waals surface area (Å²) in [5, 5.41) is 11.3. The summed E-state index contributed by atoms with van der Waals surface area (Å²) in [7, 11) is 0. The van der Waals surface area contributed by atoms with Gasteiger partial charge in [0.1, 0.15) is 0 Å². The summed E-state index contributed by atoms with van der Waals surface area (Å²) in [6.45, 7) is 2.18. The molecule has 0 saturated heterocycles. The minimum Gasteiger partial charge on any atom is -0.480 e. The number of carboxylic acid groups (broad SMARTS) is 1. The molecule has 0 heterocycles. The van der Waals surface area contributed by atoms with Crippen molar-refractivity contribution in [2.75, 3.05) is 11.0 Å². The molecule has 0 fully saturated rings. The highest BCUT2D eigenvalue weighted by atomic mass is 127. The van der Waals surface area contributed by atoms with Crippen molar-refractivity contribution in [1.29, 1.82) is 0 Å². The van der Waals surface area contributed by atoms with Gasteiger partial charge in [-0.25, -0.2) is 0 Å². The van der Waals surface area contributed by atoms with E-state index in [1.54, 1.807) is 0 Å². The van der Waals surface area contributed by atoms with Gasteiger partial charge in [0.2, 0.25) is 0 Å². The fourth-order valence-electron chi connectivity index (χ4n) is 0.814. The first-order valence-corrected chi connectivity index (χ1v) is 5.24. The monoisotopic (exact) mass is 271 g/mol. The van der Waals surface area contributed by atoms with Crippen LogP contribution in [0.4, 0.5) is 0 Å². The molecule has 11 heavy (non-hydrogen) atoms. The maximum atomic E-state index is 10.2. The lowest BCUT2D eigenvalue weighted by molar-refractivity contribution is -0.136. The fourth-order valence-corrected chi connectivity index (χ4v) is 1.57. The Morgan fingerprint density at radius 3 is 2.73 bits per heavy atom. The third-order valence-corrected chi connectivity index (χ3v) is 2.43. The van der Waals surface area contributed by atoms with Gasteiger partial charge < -0.3 is 10.4 Å². The van der Waals surface area contributed by atoms with Crippen LogP contribution in [-0.2, 0) is 4.79 Å². The largest absolute Gasteiger partial charge is 0.480 e. The predicted molar refractivity (Wildman–Crippen MR) is 53.2 cm³/mol. The molecular weight excluding hydrogens is 257 g/mol. The first-order valence-electron chi connectivity index (χ1n) is 3.71. The quantitative estimate of drug-likeness (QED) is 0.565. The van der Waals surface area contributed by atoms with E-state index in [2.05, 4.69) is 34.8 Å². The standard InChI is InChI=1S/C7H14INO2/c1-2-3-6(4-8)9-5-7(10)11/h6,9H,2-5H2,1H3,(H,10,11). The smallest absolute Gasteiger partial charge is 0.317 e. The zero-order chi connectivity index (χ0) is 8.69. The number of hydrogen-bond acceptors (Lipinski definition) is 2. The lowest BCUT2D eigenvalue weighted by Gasteiger charge is -2.12. The van der Waals surface area contributed by atoms with E-state index >= 15 is 0 Å². The van der Waals surface area contributed by atoms with E-state index in [1.807, 2.05) is 0 Å². The van der Waals surface area contributed by atoms with Crippen LogP contribution < -0.4 is 5.32 Å². The van der Waals surface area contributed by atoms with Gasteiger partial charge in [0.25, 0.3) is 0 Å². The minimum absolute atomic E-state index is 0.0771. The van der Waals surface area contributed by atoms with Crippen LogP contribution >= 0.6 is 22.6 Å². The van der Waals surface area contributed by atoms with Gasteiger partial charge in [-0.15, -0.1) is 0 Å². The molecular formula is C7H14INO2. The van der Waals surface area contributed by atoms with E-state index in [-0.39, 0.29) is 6.54 Å². The highest BCUT2D eigenvalue weighted by molar-refractivity contribution is 14.1. The topological polar surface area (TPSA) is 49.3 Å². The molecule has 4 heteroatoms. The van der Waals surface area contributed by atoms with E-state index in [4.69, 9.17) is 5.11 Å². The molecule has 0 saturated carbocycles. The number of rotatable bonds is 6. The second-order valence-corrected chi connectivity index (χ2v) is 3.30. The molecule has 1 atom stereocenters. The number of halogens is 1. The summed E-state index contributed by atoms with van der Waals surface area (Å²) < 4.78 is 0.971. The average molecular weight is 271 g/mol.